The van der Waals surface area contributed by atoms with E-state index in [-0.39, 0.29) is 5.91 Å². The molecule has 0 spiro atoms. The Hall–Kier alpha value is -3.06. The lowest BCUT2D eigenvalue weighted by Crippen LogP contribution is -2.39. The summed E-state index contributed by atoms with van der Waals surface area (Å²) in [7, 11) is 0. The Morgan fingerprint density at radius 3 is 2.55 bits per heavy atom. The number of carbonyl (C=O) groups is 1. The number of carbonyl (C=O) groups excluding carboxylic acids is 1. The monoisotopic (exact) mass is 413 g/mol. The van der Waals surface area contributed by atoms with E-state index in [9.17, 15) is 9.59 Å². The van der Waals surface area contributed by atoms with Gasteiger partial charge in [0.05, 0.1) is 5.02 Å². The molecule has 1 amide bonds. The highest BCUT2D eigenvalue weighted by molar-refractivity contribution is 6.32. The molecular formula is C21H20ClN3O4. The van der Waals surface area contributed by atoms with Crippen molar-refractivity contribution in [2.24, 2.45) is 5.92 Å². The Labute approximate surface area is 172 Å². The highest BCUT2D eigenvalue weighted by Gasteiger charge is 2.24. The highest BCUT2D eigenvalue weighted by atomic mass is 35.5. The second-order valence-corrected chi connectivity index (χ2v) is 7.45. The normalized spacial score (nSPS) is 14.7. The van der Waals surface area contributed by atoms with E-state index in [0.717, 1.165) is 12.8 Å². The summed E-state index contributed by atoms with van der Waals surface area (Å²) in [5, 5.41) is 4.24. The molecule has 0 bridgehead atoms. The third-order valence-electron chi connectivity index (χ3n) is 5.03. The van der Waals surface area contributed by atoms with Gasteiger partial charge < -0.3 is 9.64 Å². The van der Waals surface area contributed by atoms with Crippen LogP contribution in [0.2, 0.25) is 5.02 Å². The number of likely N-dealkylation sites (tertiary alicyclic amines) is 1. The maximum absolute atomic E-state index is 12.8. The molecule has 2 heterocycles. The molecule has 0 atom stereocenters. The standard InChI is InChI=1S/C21H20ClN3O4/c22-17-3-1-2-4-18(17)28-16-7-5-15(6-8-16)20(26)25-11-9-14(10-12-25)13-19-23-21(27)29-24-19/h1-8,14H,9-13H2,(H,23,24,27). The van der Waals surface area contributed by atoms with E-state index in [1.807, 2.05) is 17.0 Å². The van der Waals surface area contributed by atoms with Crippen LogP contribution in [0.15, 0.2) is 57.8 Å². The minimum Gasteiger partial charge on any atom is -0.456 e. The number of nitrogens with one attached hydrogen (secondary N) is 1. The molecule has 1 aromatic heterocycles. The highest BCUT2D eigenvalue weighted by Crippen LogP contribution is 2.29. The molecule has 4 rings (SSSR count). The maximum atomic E-state index is 12.8. The summed E-state index contributed by atoms with van der Waals surface area (Å²) in [6, 6.07) is 14.3. The zero-order valence-electron chi connectivity index (χ0n) is 15.6. The number of piperidine rings is 1. The van der Waals surface area contributed by atoms with Crippen molar-refractivity contribution in [3.63, 3.8) is 0 Å². The quantitative estimate of drug-likeness (QED) is 0.685. The van der Waals surface area contributed by atoms with E-state index < -0.39 is 5.76 Å². The van der Waals surface area contributed by atoms with Crippen molar-refractivity contribution in [1.29, 1.82) is 0 Å². The molecule has 0 aliphatic carbocycles. The van der Waals surface area contributed by atoms with Gasteiger partial charge in [0.2, 0.25) is 0 Å². The van der Waals surface area contributed by atoms with Gasteiger partial charge in [-0.1, -0.05) is 28.9 Å². The van der Waals surface area contributed by atoms with Crippen LogP contribution in [0, 0.1) is 5.92 Å². The molecule has 1 saturated heterocycles. The third-order valence-corrected chi connectivity index (χ3v) is 5.35. The van der Waals surface area contributed by atoms with Crippen molar-refractivity contribution in [2.75, 3.05) is 13.1 Å². The maximum Gasteiger partial charge on any atom is 0.438 e. The Morgan fingerprint density at radius 1 is 1.17 bits per heavy atom. The van der Waals surface area contributed by atoms with Crippen LogP contribution in [0.1, 0.15) is 29.0 Å². The minimum absolute atomic E-state index is 0.00239. The first kappa shape index (κ1) is 19.3. The molecule has 1 fully saturated rings. The Kier molecular flexibility index (Phi) is 5.67. The summed E-state index contributed by atoms with van der Waals surface area (Å²) in [5.74, 6) is 1.59. The molecule has 1 aliphatic rings. The molecule has 7 nitrogen and oxygen atoms in total. The number of para-hydroxylation sites is 1. The molecule has 150 valence electrons. The summed E-state index contributed by atoms with van der Waals surface area (Å²) >= 11 is 6.11. The lowest BCUT2D eigenvalue weighted by atomic mass is 9.93. The van der Waals surface area contributed by atoms with Crippen LogP contribution in [0.5, 0.6) is 11.5 Å². The predicted octanol–water partition coefficient (Wildman–Crippen LogP) is 3.90. The lowest BCUT2D eigenvalue weighted by Gasteiger charge is -2.31. The van der Waals surface area contributed by atoms with Crippen molar-refractivity contribution in [3.05, 3.63) is 75.5 Å². The number of hydrogen-bond acceptors (Lipinski definition) is 5. The number of rotatable bonds is 5. The van der Waals surface area contributed by atoms with Gasteiger partial charge in [-0.25, -0.2) is 4.79 Å². The summed E-state index contributed by atoms with van der Waals surface area (Å²) in [6.07, 6.45) is 2.37. The average Bonchev–Trinajstić information content (AvgIpc) is 3.15. The molecule has 1 N–H and O–H groups in total. The number of nitrogens with zero attached hydrogens (tertiary/aromatic N) is 2. The summed E-state index contributed by atoms with van der Waals surface area (Å²) in [4.78, 5) is 28.2. The van der Waals surface area contributed by atoms with Crippen LogP contribution in [0.25, 0.3) is 0 Å². The van der Waals surface area contributed by atoms with E-state index in [2.05, 4.69) is 14.7 Å². The number of H-pyrrole nitrogens is 1. The molecule has 0 radical (unpaired) electrons. The molecule has 3 aromatic rings. The van der Waals surface area contributed by atoms with Gasteiger partial charge in [-0.3, -0.25) is 14.3 Å². The predicted molar refractivity (Wildman–Crippen MR) is 107 cm³/mol. The summed E-state index contributed by atoms with van der Waals surface area (Å²) in [6.45, 7) is 1.34. The van der Waals surface area contributed by atoms with E-state index in [0.29, 0.717) is 53.3 Å². The zero-order chi connectivity index (χ0) is 20.2. The average molecular weight is 414 g/mol. The topological polar surface area (TPSA) is 88.4 Å². The first-order valence-corrected chi connectivity index (χ1v) is 9.83. The number of hydrogen-bond donors (Lipinski definition) is 1. The van der Waals surface area contributed by atoms with Crippen LogP contribution < -0.4 is 10.5 Å². The van der Waals surface area contributed by atoms with Gasteiger partial charge in [0, 0.05) is 25.1 Å². The second kappa shape index (κ2) is 8.53. The number of aromatic amines is 1. The van der Waals surface area contributed by atoms with Crippen molar-refractivity contribution in [1.82, 2.24) is 15.0 Å². The number of aromatic nitrogens is 2. The SMILES string of the molecule is O=C(c1ccc(Oc2ccccc2Cl)cc1)N1CCC(Cc2noc(=O)[nH]2)CC1. The fraction of sp³-hybridized carbons (Fsp3) is 0.286. The first-order chi connectivity index (χ1) is 14.1. The van der Waals surface area contributed by atoms with E-state index in [1.165, 1.54) is 0 Å². The van der Waals surface area contributed by atoms with Gasteiger partial charge in [0.15, 0.2) is 5.82 Å². The molecular weight excluding hydrogens is 394 g/mol. The molecule has 8 heteroatoms. The zero-order valence-corrected chi connectivity index (χ0v) is 16.4. The Morgan fingerprint density at radius 2 is 1.90 bits per heavy atom. The molecule has 1 aliphatic heterocycles. The molecule has 29 heavy (non-hydrogen) atoms. The summed E-state index contributed by atoms with van der Waals surface area (Å²) < 4.78 is 10.3. The van der Waals surface area contributed by atoms with E-state index in [4.69, 9.17) is 16.3 Å². The van der Waals surface area contributed by atoms with Gasteiger partial charge in [0.25, 0.3) is 5.91 Å². The smallest absolute Gasteiger partial charge is 0.438 e. The van der Waals surface area contributed by atoms with Crippen molar-refractivity contribution in [2.45, 2.75) is 19.3 Å². The number of benzene rings is 2. The largest absolute Gasteiger partial charge is 0.456 e. The molecule has 2 aromatic carbocycles. The summed E-state index contributed by atoms with van der Waals surface area (Å²) in [5.41, 5.74) is 0.621. The number of amides is 1. The Balaban J connectivity index is 1.33. The van der Waals surface area contributed by atoms with Crippen LogP contribution in [0.4, 0.5) is 0 Å². The molecule has 0 saturated carbocycles. The fourth-order valence-corrected chi connectivity index (χ4v) is 3.64. The van der Waals surface area contributed by atoms with Gasteiger partial charge in [-0.2, -0.15) is 0 Å². The van der Waals surface area contributed by atoms with Crippen molar-refractivity contribution >= 4 is 17.5 Å². The van der Waals surface area contributed by atoms with Gasteiger partial charge >= 0.3 is 5.76 Å². The van der Waals surface area contributed by atoms with Gasteiger partial charge in [-0.05, 0) is 55.2 Å². The van der Waals surface area contributed by atoms with Crippen molar-refractivity contribution in [3.8, 4) is 11.5 Å². The van der Waals surface area contributed by atoms with Crippen molar-refractivity contribution < 1.29 is 14.1 Å². The number of halogens is 1. The molecule has 0 unspecified atom stereocenters. The van der Waals surface area contributed by atoms with Gasteiger partial charge in [0.1, 0.15) is 11.5 Å². The van der Waals surface area contributed by atoms with Crippen LogP contribution in [-0.2, 0) is 6.42 Å². The Bertz CT molecular complexity index is 1040. The fourth-order valence-electron chi connectivity index (χ4n) is 3.46. The van der Waals surface area contributed by atoms with E-state index in [1.54, 1.807) is 36.4 Å². The second-order valence-electron chi connectivity index (χ2n) is 7.04. The lowest BCUT2D eigenvalue weighted by molar-refractivity contribution is 0.0689. The number of ether oxygens (including phenoxy) is 1. The minimum atomic E-state index is -0.533. The van der Waals surface area contributed by atoms with Gasteiger partial charge in [-0.15, -0.1) is 0 Å². The third kappa shape index (κ3) is 4.68. The van der Waals surface area contributed by atoms with Crippen LogP contribution >= 0.6 is 11.6 Å². The van der Waals surface area contributed by atoms with Crippen LogP contribution in [0.3, 0.4) is 0 Å². The first-order valence-electron chi connectivity index (χ1n) is 9.45. The van der Waals surface area contributed by atoms with E-state index >= 15 is 0 Å². The van der Waals surface area contributed by atoms with Crippen LogP contribution in [-0.4, -0.2) is 34.0 Å².